The van der Waals surface area contributed by atoms with E-state index in [4.69, 9.17) is 6.58 Å². The summed E-state index contributed by atoms with van der Waals surface area (Å²) in [7, 11) is 0. The molecule has 2 unspecified atom stereocenters. The van der Waals surface area contributed by atoms with Crippen molar-refractivity contribution in [2.24, 2.45) is 5.92 Å². The Bertz CT molecular complexity index is 1590. The number of rotatable bonds is 9. The molecule has 216 valence electrons. The molecule has 3 aliphatic carbocycles. The Morgan fingerprint density at radius 1 is 0.976 bits per heavy atom. The van der Waals surface area contributed by atoms with Gasteiger partial charge in [-0.1, -0.05) is 131 Å². The van der Waals surface area contributed by atoms with Gasteiger partial charge >= 0.3 is 0 Å². The normalized spacial score (nSPS) is 21.1. The fourth-order valence-corrected chi connectivity index (χ4v) is 7.22. The molecule has 2 aromatic carbocycles. The maximum absolute atomic E-state index is 4.77. The highest BCUT2D eigenvalue weighted by atomic mass is 14.4. The summed E-state index contributed by atoms with van der Waals surface area (Å²) >= 11 is 0. The van der Waals surface area contributed by atoms with Crippen molar-refractivity contribution in [3.63, 3.8) is 0 Å². The minimum absolute atomic E-state index is 0.270. The van der Waals surface area contributed by atoms with Gasteiger partial charge in [0.25, 0.3) is 0 Å². The molecule has 0 aliphatic heterocycles. The van der Waals surface area contributed by atoms with Crippen LogP contribution in [0.3, 0.4) is 0 Å². The first-order chi connectivity index (χ1) is 20.1. The SMILES string of the molecule is C=C(CCC)C1=C(C)C=C2C/C(=C\C3=CC=C(c4cc(C(=C)C)ccc4CC)C3)C(=C)C2C1c1ccc(C(C)C)cc1. The molecule has 5 rings (SSSR count). The van der Waals surface area contributed by atoms with E-state index in [9.17, 15) is 0 Å². The van der Waals surface area contributed by atoms with Crippen LogP contribution in [0.25, 0.3) is 11.1 Å². The van der Waals surface area contributed by atoms with E-state index < -0.39 is 0 Å². The van der Waals surface area contributed by atoms with Crippen molar-refractivity contribution >= 4 is 11.1 Å². The Morgan fingerprint density at radius 3 is 2.36 bits per heavy atom. The van der Waals surface area contributed by atoms with E-state index in [1.165, 1.54) is 72.4 Å². The molecule has 0 heterocycles. The molecular weight excluding hydrogens is 504 g/mol. The largest absolute Gasteiger partial charge is 0.0955 e. The van der Waals surface area contributed by atoms with Crippen molar-refractivity contribution in [2.45, 2.75) is 85.5 Å². The molecule has 0 radical (unpaired) electrons. The van der Waals surface area contributed by atoms with Crippen LogP contribution in [-0.2, 0) is 6.42 Å². The van der Waals surface area contributed by atoms with E-state index in [2.05, 4.69) is 121 Å². The lowest BCUT2D eigenvalue weighted by atomic mass is 9.69. The van der Waals surface area contributed by atoms with Crippen molar-refractivity contribution in [1.82, 2.24) is 0 Å². The quantitative estimate of drug-likeness (QED) is 0.290. The maximum Gasteiger partial charge on any atom is 0.0201 e. The number of hydrogen-bond donors (Lipinski definition) is 0. The second-order valence-electron chi connectivity index (χ2n) is 12.9. The number of benzene rings is 2. The third kappa shape index (κ3) is 5.69. The Balaban J connectivity index is 1.45. The first kappa shape index (κ1) is 29.8. The van der Waals surface area contributed by atoms with Gasteiger partial charge in [-0.3, -0.25) is 0 Å². The standard InChI is InChI=1S/C42H48/c1-10-12-28(7)40-29(8)21-38-24-37(30(9)41(38)42(40)34-18-16-33(17-19-34)26(3)4)23-31-13-14-36(22-31)39-25-35(27(5)6)20-15-32(39)11-2/h13-21,23,25-26,41-42H,5,7,9-12,22,24H2,1-4,6,8H3/b37-23+. The molecule has 42 heavy (non-hydrogen) atoms. The van der Waals surface area contributed by atoms with E-state index >= 15 is 0 Å². The predicted molar refractivity (Wildman–Crippen MR) is 185 cm³/mol. The average Bonchev–Trinajstić information content (AvgIpc) is 3.56. The Kier molecular flexibility index (Phi) is 8.74. The summed E-state index contributed by atoms with van der Waals surface area (Å²) in [6.07, 6.45) is 14.7. The van der Waals surface area contributed by atoms with Crippen LogP contribution in [-0.4, -0.2) is 0 Å². The molecule has 2 atom stereocenters. The van der Waals surface area contributed by atoms with E-state index in [0.29, 0.717) is 11.8 Å². The summed E-state index contributed by atoms with van der Waals surface area (Å²) in [6, 6.07) is 16.2. The molecule has 0 heteroatoms. The number of hydrogen-bond acceptors (Lipinski definition) is 0. The zero-order valence-electron chi connectivity index (χ0n) is 26.7. The van der Waals surface area contributed by atoms with Crippen molar-refractivity contribution < 1.29 is 0 Å². The second kappa shape index (κ2) is 12.3. The Labute approximate surface area is 255 Å². The lowest BCUT2D eigenvalue weighted by Gasteiger charge is -2.34. The summed E-state index contributed by atoms with van der Waals surface area (Å²) in [5.41, 5.74) is 18.9. The van der Waals surface area contributed by atoms with Crippen LogP contribution in [0.4, 0.5) is 0 Å². The summed E-state index contributed by atoms with van der Waals surface area (Å²) in [5.74, 6) is 1.09. The van der Waals surface area contributed by atoms with E-state index in [1.54, 1.807) is 0 Å². The number of fused-ring (bicyclic) bond motifs is 1. The van der Waals surface area contributed by atoms with Gasteiger partial charge in [0.15, 0.2) is 0 Å². The number of aryl methyl sites for hydroxylation is 1. The molecule has 1 saturated carbocycles. The molecule has 2 aromatic rings. The van der Waals surface area contributed by atoms with Crippen LogP contribution < -0.4 is 0 Å². The van der Waals surface area contributed by atoms with Crippen LogP contribution in [0.2, 0.25) is 0 Å². The van der Waals surface area contributed by atoms with Gasteiger partial charge in [-0.25, -0.2) is 0 Å². The van der Waals surface area contributed by atoms with Gasteiger partial charge in [0.05, 0.1) is 0 Å². The molecule has 0 N–H and O–H groups in total. The monoisotopic (exact) mass is 552 g/mol. The van der Waals surface area contributed by atoms with Gasteiger partial charge in [0.2, 0.25) is 0 Å². The summed E-state index contributed by atoms with van der Waals surface area (Å²) < 4.78 is 0. The highest BCUT2D eigenvalue weighted by Crippen LogP contribution is 2.55. The first-order valence-corrected chi connectivity index (χ1v) is 15.9. The van der Waals surface area contributed by atoms with Gasteiger partial charge in [-0.2, -0.15) is 0 Å². The molecule has 3 aliphatic rings. The molecule has 0 saturated heterocycles. The van der Waals surface area contributed by atoms with Crippen LogP contribution in [0.15, 0.2) is 126 Å². The van der Waals surface area contributed by atoms with Gasteiger partial charge in [0, 0.05) is 11.8 Å². The zero-order valence-corrected chi connectivity index (χ0v) is 26.7. The first-order valence-electron chi connectivity index (χ1n) is 15.9. The lowest BCUT2D eigenvalue weighted by Crippen LogP contribution is -2.21. The third-order valence-electron chi connectivity index (χ3n) is 9.53. The van der Waals surface area contributed by atoms with Crippen LogP contribution in [0.5, 0.6) is 0 Å². The zero-order chi connectivity index (χ0) is 30.1. The van der Waals surface area contributed by atoms with Crippen LogP contribution in [0.1, 0.15) is 107 Å². The molecule has 0 aromatic heterocycles. The van der Waals surface area contributed by atoms with Crippen LogP contribution >= 0.6 is 0 Å². The maximum atomic E-state index is 4.77. The van der Waals surface area contributed by atoms with E-state index in [-0.39, 0.29) is 5.92 Å². The van der Waals surface area contributed by atoms with Crippen LogP contribution in [0, 0.1) is 5.92 Å². The highest BCUT2D eigenvalue weighted by molar-refractivity contribution is 5.78. The Hall–Kier alpha value is -3.64. The minimum Gasteiger partial charge on any atom is -0.0955 e. The molecule has 0 amide bonds. The fourth-order valence-electron chi connectivity index (χ4n) is 7.22. The van der Waals surface area contributed by atoms with E-state index in [1.807, 2.05) is 0 Å². The topological polar surface area (TPSA) is 0 Å². The van der Waals surface area contributed by atoms with Crippen molar-refractivity contribution in [3.8, 4) is 0 Å². The molecule has 1 fully saturated rings. The molecule has 0 spiro atoms. The van der Waals surface area contributed by atoms with Crippen molar-refractivity contribution in [2.75, 3.05) is 0 Å². The van der Waals surface area contributed by atoms with Gasteiger partial charge in [0.1, 0.15) is 0 Å². The third-order valence-corrected chi connectivity index (χ3v) is 9.53. The van der Waals surface area contributed by atoms with Gasteiger partial charge in [-0.05, 0) is 113 Å². The van der Waals surface area contributed by atoms with Crippen molar-refractivity contribution in [3.05, 3.63) is 153 Å². The number of allylic oxidation sites excluding steroid dienone is 13. The highest BCUT2D eigenvalue weighted by Gasteiger charge is 2.41. The molecule has 0 nitrogen and oxygen atoms in total. The summed E-state index contributed by atoms with van der Waals surface area (Å²) in [5, 5.41) is 0. The van der Waals surface area contributed by atoms with Gasteiger partial charge in [-0.15, -0.1) is 0 Å². The Morgan fingerprint density at radius 2 is 1.71 bits per heavy atom. The van der Waals surface area contributed by atoms with Gasteiger partial charge < -0.3 is 0 Å². The smallest absolute Gasteiger partial charge is 0.0201 e. The fraction of sp³-hybridized carbons (Fsp3) is 0.333. The molecular formula is C42H48. The summed E-state index contributed by atoms with van der Waals surface area (Å²) in [6.45, 7) is 27.0. The minimum atomic E-state index is 0.270. The van der Waals surface area contributed by atoms with E-state index in [0.717, 1.165) is 37.7 Å². The predicted octanol–water partition coefficient (Wildman–Crippen LogP) is 12.0. The molecule has 0 bridgehead atoms. The lowest BCUT2D eigenvalue weighted by molar-refractivity contribution is 0.619. The average molecular weight is 553 g/mol. The summed E-state index contributed by atoms with van der Waals surface area (Å²) in [4.78, 5) is 0. The second-order valence-corrected chi connectivity index (χ2v) is 12.9. The van der Waals surface area contributed by atoms with Crippen molar-refractivity contribution in [1.29, 1.82) is 0 Å².